The van der Waals surface area contributed by atoms with Crippen LogP contribution in [0.25, 0.3) is 16.0 Å². The molecule has 48 heavy (non-hydrogen) atoms. The van der Waals surface area contributed by atoms with E-state index in [-0.39, 0.29) is 23.8 Å². The van der Waals surface area contributed by atoms with Gasteiger partial charge in [0.15, 0.2) is 0 Å². The number of carbonyl (C=O) groups is 1. The molecule has 0 bridgehead atoms. The number of thiophene rings is 1. The lowest BCUT2D eigenvalue weighted by Crippen LogP contribution is -2.47. The summed E-state index contributed by atoms with van der Waals surface area (Å²) < 4.78 is 6.86. The Kier molecular flexibility index (Phi) is 8.07. The summed E-state index contributed by atoms with van der Waals surface area (Å²) in [5.41, 5.74) is 7.25. The van der Waals surface area contributed by atoms with E-state index in [1.807, 2.05) is 23.6 Å². The first-order valence-corrected chi connectivity index (χ1v) is 17.8. The third-order valence-electron chi connectivity index (χ3n) is 9.92. The molecule has 6 heteroatoms. The number of rotatable bonds is 9. The molecule has 240 valence electrons. The van der Waals surface area contributed by atoms with Crippen molar-refractivity contribution in [2.45, 2.75) is 56.5 Å². The van der Waals surface area contributed by atoms with Crippen LogP contribution < -0.4 is 10.9 Å². The highest BCUT2D eigenvalue weighted by atomic mass is 32.1. The second-order valence-corrected chi connectivity index (χ2v) is 14.0. The standard InChI is InChI=1S/C42H38N2O3S/c1-2-47-41(46)35-26-33(28-21-22-28)37-25-29(23-24-44(37)40(35)45)39-27-34-36(19-12-20-38(34)48-39)43-42(30-13-6-3-7-14-30,31-15-8-4-9-16-31)32-17-10-5-11-18-32/h3-11,13-18,23-28,36,43H,2,12,19-22H2,1H3. The van der Waals surface area contributed by atoms with Gasteiger partial charge in [-0.1, -0.05) is 91.0 Å². The van der Waals surface area contributed by atoms with Crippen LogP contribution in [0.5, 0.6) is 0 Å². The van der Waals surface area contributed by atoms with Crippen molar-refractivity contribution in [2.24, 2.45) is 0 Å². The molecule has 6 aromatic rings. The molecule has 0 spiro atoms. The summed E-state index contributed by atoms with van der Waals surface area (Å²) in [5, 5.41) is 4.25. The van der Waals surface area contributed by atoms with Crippen molar-refractivity contribution < 1.29 is 9.53 Å². The van der Waals surface area contributed by atoms with Gasteiger partial charge in [0, 0.05) is 22.0 Å². The first kappa shape index (κ1) is 30.5. The maximum absolute atomic E-state index is 13.4. The van der Waals surface area contributed by atoms with E-state index in [9.17, 15) is 9.59 Å². The molecule has 0 radical (unpaired) electrons. The van der Waals surface area contributed by atoms with Crippen LogP contribution in [0.3, 0.4) is 0 Å². The number of aromatic nitrogens is 1. The van der Waals surface area contributed by atoms with E-state index < -0.39 is 11.5 Å². The van der Waals surface area contributed by atoms with Crippen molar-refractivity contribution in [3.63, 3.8) is 0 Å². The quantitative estimate of drug-likeness (QED) is 0.125. The molecule has 8 rings (SSSR count). The predicted molar refractivity (Wildman–Crippen MR) is 193 cm³/mol. The Labute approximate surface area is 284 Å². The van der Waals surface area contributed by atoms with Gasteiger partial charge in [0.25, 0.3) is 5.56 Å². The van der Waals surface area contributed by atoms with E-state index in [1.165, 1.54) is 32.0 Å². The maximum Gasteiger partial charge on any atom is 0.343 e. The van der Waals surface area contributed by atoms with Gasteiger partial charge >= 0.3 is 5.97 Å². The van der Waals surface area contributed by atoms with Crippen molar-refractivity contribution in [2.75, 3.05) is 6.61 Å². The molecule has 2 aliphatic carbocycles. The molecule has 2 aliphatic rings. The van der Waals surface area contributed by atoms with Gasteiger partial charge in [-0.3, -0.25) is 14.5 Å². The average molecular weight is 651 g/mol. The van der Waals surface area contributed by atoms with Gasteiger partial charge in [-0.2, -0.15) is 0 Å². The number of hydrogen-bond donors (Lipinski definition) is 1. The number of hydrogen-bond acceptors (Lipinski definition) is 5. The molecule has 3 aromatic carbocycles. The summed E-state index contributed by atoms with van der Waals surface area (Å²) in [6.07, 6.45) is 7.15. The minimum atomic E-state index is -0.551. The van der Waals surface area contributed by atoms with Gasteiger partial charge in [-0.25, -0.2) is 4.79 Å². The molecular formula is C42H38N2O3S. The van der Waals surface area contributed by atoms with Crippen molar-refractivity contribution in [3.05, 3.63) is 170 Å². The number of ether oxygens (including phenoxy) is 1. The number of carbonyl (C=O) groups excluding carboxylic acids is 1. The minimum Gasteiger partial charge on any atom is -0.462 e. The highest BCUT2D eigenvalue weighted by Crippen LogP contribution is 2.46. The van der Waals surface area contributed by atoms with E-state index in [1.54, 1.807) is 17.4 Å². The fraction of sp³-hybridized carbons (Fsp3) is 0.238. The lowest BCUT2D eigenvalue weighted by Gasteiger charge is -2.41. The van der Waals surface area contributed by atoms with E-state index in [4.69, 9.17) is 4.74 Å². The molecule has 1 fully saturated rings. The summed E-state index contributed by atoms with van der Waals surface area (Å²) in [6, 6.07) is 40.9. The molecule has 1 N–H and O–H groups in total. The summed E-state index contributed by atoms with van der Waals surface area (Å²) in [5.74, 6) is -0.193. The van der Waals surface area contributed by atoms with Crippen molar-refractivity contribution >= 4 is 22.8 Å². The molecule has 3 heterocycles. The Hall–Kier alpha value is -4.78. The number of nitrogens with zero attached hydrogens (tertiary/aromatic N) is 1. The number of pyridine rings is 2. The van der Waals surface area contributed by atoms with Gasteiger partial charge in [-0.05, 0) is 103 Å². The molecule has 0 amide bonds. The summed E-state index contributed by atoms with van der Waals surface area (Å²) >= 11 is 1.86. The van der Waals surface area contributed by atoms with Crippen LogP contribution in [-0.4, -0.2) is 17.0 Å². The molecule has 1 unspecified atom stereocenters. The van der Waals surface area contributed by atoms with Crippen LogP contribution in [0.4, 0.5) is 0 Å². The zero-order chi connectivity index (χ0) is 32.7. The molecular weight excluding hydrogens is 613 g/mol. The molecule has 3 aromatic heterocycles. The second kappa shape index (κ2) is 12.7. The van der Waals surface area contributed by atoms with Crippen LogP contribution in [0, 0.1) is 0 Å². The van der Waals surface area contributed by atoms with E-state index in [0.29, 0.717) is 5.92 Å². The Bertz CT molecular complexity index is 2050. The zero-order valence-electron chi connectivity index (χ0n) is 27.0. The summed E-state index contributed by atoms with van der Waals surface area (Å²) in [7, 11) is 0. The van der Waals surface area contributed by atoms with Gasteiger partial charge in [-0.15, -0.1) is 11.3 Å². The topological polar surface area (TPSA) is 59.8 Å². The average Bonchev–Trinajstić information content (AvgIpc) is 3.89. The van der Waals surface area contributed by atoms with Crippen molar-refractivity contribution in [1.29, 1.82) is 0 Å². The van der Waals surface area contributed by atoms with Gasteiger partial charge in [0.2, 0.25) is 0 Å². The minimum absolute atomic E-state index is 0.114. The van der Waals surface area contributed by atoms with Crippen LogP contribution in [0.2, 0.25) is 0 Å². The second-order valence-electron chi connectivity index (χ2n) is 12.9. The van der Waals surface area contributed by atoms with Crippen LogP contribution in [0.15, 0.2) is 126 Å². The monoisotopic (exact) mass is 650 g/mol. The van der Waals surface area contributed by atoms with E-state index in [0.717, 1.165) is 48.7 Å². The third kappa shape index (κ3) is 5.39. The highest BCUT2D eigenvalue weighted by Gasteiger charge is 2.40. The van der Waals surface area contributed by atoms with E-state index >= 15 is 0 Å². The molecule has 5 nitrogen and oxygen atoms in total. The van der Waals surface area contributed by atoms with Crippen molar-refractivity contribution in [1.82, 2.24) is 9.72 Å². The Balaban J connectivity index is 1.22. The fourth-order valence-corrected chi connectivity index (χ4v) is 8.74. The van der Waals surface area contributed by atoms with Gasteiger partial charge in [0.1, 0.15) is 5.56 Å². The number of aryl methyl sites for hydroxylation is 1. The smallest absolute Gasteiger partial charge is 0.343 e. The Morgan fingerprint density at radius 2 is 1.46 bits per heavy atom. The zero-order valence-corrected chi connectivity index (χ0v) is 27.8. The van der Waals surface area contributed by atoms with E-state index in [2.05, 4.69) is 108 Å². The normalized spacial score (nSPS) is 16.1. The van der Waals surface area contributed by atoms with Crippen LogP contribution >= 0.6 is 11.3 Å². The Morgan fingerprint density at radius 3 is 2.04 bits per heavy atom. The number of benzene rings is 3. The first-order chi connectivity index (χ1) is 23.6. The Morgan fingerprint density at radius 1 is 0.833 bits per heavy atom. The number of fused-ring (bicyclic) bond motifs is 2. The number of esters is 1. The van der Waals surface area contributed by atoms with Crippen LogP contribution in [0.1, 0.15) is 87.6 Å². The largest absolute Gasteiger partial charge is 0.462 e. The number of nitrogens with one attached hydrogen (secondary N) is 1. The molecule has 1 atom stereocenters. The third-order valence-corrected chi connectivity index (χ3v) is 11.2. The lowest BCUT2D eigenvalue weighted by atomic mass is 9.75. The fourth-order valence-electron chi connectivity index (χ4n) is 7.47. The molecule has 0 saturated heterocycles. The summed E-state index contributed by atoms with van der Waals surface area (Å²) in [6.45, 7) is 2.00. The summed E-state index contributed by atoms with van der Waals surface area (Å²) in [4.78, 5) is 28.7. The highest BCUT2D eigenvalue weighted by molar-refractivity contribution is 7.15. The van der Waals surface area contributed by atoms with Gasteiger partial charge < -0.3 is 4.74 Å². The lowest BCUT2D eigenvalue weighted by molar-refractivity contribution is 0.0524. The van der Waals surface area contributed by atoms with Crippen LogP contribution in [-0.2, 0) is 16.7 Å². The molecule has 1 saturated carbocycles. The SMILES string of the molecule is CCOC(=O)c1cc(C2CC2)c2cc(-c3cc4c(s3)CCCC4NC(c3ccccc3)(c3ccccc3)c3ccccc3)ccn2c1=O. The predicted octanol–water partition coefficient (Wildman–Crippen LogP) is 9.04. The first-order valence-electron chi connectivity index (χ1n) is 17.0. The van der Waals surface area contributed by atoms with Gasteiger partial charge in [0.05, 0.1) is 17.7 Å². The van der Waals surface area contributed by atoms with Crippen molar-refractivity contribution in [3.8, 4) is 10.4 Å². The maximum atomic E-state index is 13.4. The molecule has 0 aliphatic heterocycles.